The first-order valence-electron chi connectivity index (χ1n) is 9.02. The van der Waals surface area contributed by atoms with Gasteiger partial charge in [0, 0.05) is 11.8 Å². The van der Waals surface area contributed by atoms with Crippen LogP contribution in [-0.4, -0.2) is 17.0 Å². The average molecular weight is 300 g/mol. The Labute approximate surface area is 133 Å². The highest BCUT2D eigenvalue weighted by Crippen LogP contribution is 2.63. The maximum absolute atomic E-state index is 11.8. The molecule has 0 amide bonds. The van der Waals surface area contributed by atoms with Crippen LogP contribution < -0.4 is 0 Å². The Hall–Kier alpha value is -0.890. The van der Waals surface area contributed by atoms with Gasteiger partial charge in [0.05, 0.1) is 6.10 Å². The molecule has 2 nitrogen and oxygen atoms in total. The largest absolute Gasteiger partial charge is 0.392 e. The molecule has 0 aromatic rings. The summed E-state index contributed by atoms with van der Waals surface area (Å²) in [5.74, 6) is 2.70. The third-order valence-corrected chi connectivity index (χ3v) is 7.80. The van der Waals surface area contributed by atoms with E-state index in [9.17, 15) is 9.90 Å². The Morgan fingerprint density at radius 2 is 2.05 bits per heavy atom. The van der Waals surface area contributed by atoms with E-state index in [1.165, 1.54) is 19.3 Å². The van der Waals surface area contributed by atoms with Crippen molar-refractivity contribution in [1.82, 2.24) is 0 Å². The van der Waals surface area contributed by atoms with E-state index >= 15 is 0 Å². The molecule has 4 aliphatic rings. The van der Waals surface area contributed by atoms with Crippen molar-refractivity contribution in [2.45, 2.75) is 58.5 Å². The summed E-state index contributed by atoms with van der Waals surface area (Å²) in [6, 6.07) is 0. The molecule has 0 spiro atoms. The molecule has 0 aromatic carbocycles. The molecule has 2 heteroatoms. The molecule has 2 fully saturated rings. The van der Waals surface area contributed by atoms with Crippen LogP contribution in [0, 0.1) is 34.5 Å². The van der Waals surface area contributed by atoms with Crippen molar-refractivity contribution in [3.05, 3.63) is 24.3 Å². The van der Waals surface area contributed by atoms with Gasteiger partial charge in [-0.2, -0.15) is 0 Å². The molecule has 4 rings (SSSR count). The van der Waals surface area contributed by atoms with Gasteiger partial charge >= 0.3 is 0 Å². The van der Waals surface area contributed by atoms with E-state index in [-0.39, 0.29) is 16.9 Å². The minimum Gasteiger partial charge on any atom is -0.392 e. The Morgan fingerprint density at radius 3 is 2.86 bits per heavy atom. The molecule has 1 N–H and O–H groups in total. The lowest BCUT2D eigenvalue weighted by molar-refractivity contribution is -0.126. The highest BCUT2D eigenvalue weighted by molar-refractivity contribution is 5.91. The van der Waals surface area contributed by atoms with Gasteiger partial charge in [0.25, 0.3) is 0 Å². The zero-order valence-electron chi connectivity index (χ0n) is 13.8. The van der Waals surface area contributed by atoms with E-state index in [2.05, 4.69) is 32.1 Å². The van der Waals surface area contributed by atoms with Gasteiger partial charge in [-0.15, -0.1) is 0 Å². The van der Waals surface area contributed by atoms with E-state index in [1.54, 1.807) is 0 Å². The van der Waals surface area contributed by atoms with Crippen LogP contribution in [0.25, 0.3) is 0 Å². The zero-order valence-corrected chi connectivity index (χ0v) is 13.8. The number of ketones is 1. The van der Waals surface area contributed by atoms with Crippen LogP contribution in [0.5, 0.6) is 0 Å². The van der Waals surface area contributed by atoms with Crippen LogP contribution in [0.15, 0.2) is 24.3 Å². The Bertz CT molecular complexity index is 548. The number of fused-ring (bicyclic) bond motifs is 5. The lowest BCUT2D eigenvalue weighted by Gasteiger charge is -2.60. The maximum Gasteiger partial charge on any atom is 0.155 e. The Morgan fingerprint density at radius 1 is 1.23 bits per heavy atom. The highest BCUT2D eigenvalue weighted by Gasteiger charge is 2.57. The third kappa shape index (κ3) is 1.86. The molecule has 7 atom stereocenters. The number of hydrogen-bond acceptors (Lipinski definition) is 2. The first-order chi connectivity index (χ1) is 10.4. The molecular formula is C20H28O2. The van der Waals surface area contributed by atoms with E-state index < -0.39 is 0 Å². The standard InChI is InChI=1S/C20H28O2/c1-19-10-8-14(21)12-13(19)6-7-15-16-4-3-5-18(22)20(16,2)11-9-17(15)19/h3-4,8,10,13,15-18,22H,5-7,9,11-12H2,1-2H3/t13-,15-,16-,17-,18-,19-,20-/m0/s1. The summed E-state index contributed by atoms with van der Waals surface area (Å²) in [7, 11) is 0. The van der Waals surface area contributed by atoms with Crippen molar-refractivity contribution in [3.8, 4) is 0 Å². The summed E-state index contributed by atoms with van der Waals surface area (Å²) in [6.07, 6.45) is 14.8. The van der Waals surface area contributed by atoms with Gasteiger partial charge in [-0.1, -0.05) is 32.1 Å². The van der Waals surface area contributed by atoms with Gasteiger partial charge in [-0.3, -0.25) is 4.79 Å². The number of carbonyl (C=O) groups excluding carboxylic acids is 1. The second-order valence-electron chi connectivity index (χ2n) is 8.66. The fraction of sp³-hybridized carbons (Fsp3) is 0.750. The third-order valence-electron chi connectivity index (χ3n) is 7.80. The van der Waals surface area contributed by atoms with Crippen molar-refractivity contribution in [1.29, 1.82) is 0 Å². The summed E-state index contributed by atoms with van der Waals surface area (Å²) in [5, 5.41) is 10.6. The SMILES string of the molecule is C[C@]12C=CC(=O)C[C@@H]1CC[C@@H]1[C@@H]2CC[C@]2(C)[C@@H](O)CC=C[C@@H]12. The minimum absolute atomic E-state index is 0.0628. The molecule has 0 bridgehead atoms. The van der Waals surface area contributed by atoms with Crippen LogP contribution in [0.1, 0.15) is 52.4 Å². The molecule has 0 aromatic heterocycles. The molecule has 0 unspecified atom stereocenters. The van der Waals surface area contributed by atoms with Gasteiger partial charge in [-0.25, -0.2) is 0 Å². The molecular weight excluding hydrogens is 272 g/mol. The monoisotopic (exact) mass is 300 g/mol. The second-order valence-corrected chi connectivity index (χ2v) is 8.66. The summed E-state index contributed by atoms with van der Waals surface area (Å²) in [6.45, 7) is 4.69. The molecule has 22 heavy (non-hydrogen) atoms. The number of hydrogen-bond donors (Lipinski definition) is 1. The summed E-state index contributed by atoms with van der Waals surface area (Å²) in [5.41, 5.74) is 0.252. The van der Waals surface area contributed by atoms with Gasteiger partial charge in [0.2, 0.25) is 0 Å². The lowest BCUT2D eigenvalue weighted by Crippen LogP contribution is -2.55. The number of aliphatic hydroxyl groups is 1. The van der Waals surface area contributed by atoms with Crippen LogP contribution in [0.2, 0.25) is 0 Å². The number of allylic oxidation sites excluding steroid dienone is 3. The summed E-state index contributed by atoms with van der Waals surface area (Å²) in [4.78, 5) is 11.8. The number of rotatable bonds is 0. The average Bonchev–Trinajstić information content (AvgIpc) is 2.49. The molecule has 120 valence electrons. The second kappa shape index (κ2) is 4.80. The fourth-order valence-corrected chi connectivity index (χ4v) is 6.29. The summed E-state index contributed by atoms with van der Waals surface area (Å²) >= 11 is 0. The fourth-order valence-electron chi connectivity index (χ4n) is 6.29. The van der Waals surface area contributed by atoms with Gasteiger partial charge < -0.3 is 5.11 Å². The van der Waals surface area contributed by atoms with Gasteiger partial charge in [0.15, 0.2) is 5.78 Å². The van der Waals surface area contributed by atoms with Crippen LogP contribution in [0.3, 0.4) is 0 Å². The number of aliphatic hydroxyl groups excluding tert-OH is 1. The first kappa shape index (κ1) is 14.7. The van der Waals surface area contributed by atoms with Crippen LogP contribution in [0.4, 0.5) is 0 Å². The van der Waals surface area contributed by atoms with Crippen molar-refractivity contribution in [2.75, 3.05) is 0 Å². The quantitative estimate of drug-likeness (QED) is 0.689. The summed E-state index contributed by atoms with van der Waals surface area (Å²) < 4.78 is 0. The molecule has 4 aliphatic carbocycles. The van der Waals surface area contributed by atoms with Crippen LogP contribution >= 0.6 is 0 Å². The normalized spacial score (nSPS) is 53.6. The van der Waals surface area contributed by atoms with E-state index in [0.717, 1.165) is 19.3 Å². The predicted molar refractivity (Wildman–Crippen MR) is 87.2 cm³/mol. The minimum atomic E-state index is -0.183. The van der Waals surface area contributed by atoms with Crippen molar-refractivity contribution < 1.29 is 9.90 Å². The molecule has 0 aliphatic heterocycles. The van der Waals surface area contributed by atoms with Crippen molar-refractivity contribution >= 4 is 5.78 Å². The maximum atomic E-state index is 11.8. The van der Waals surface area contributed by atoms with Crippen molar-refractivity contribution in [3.63, 3.8) is 0 Å². The lowest BCUT2D eigenvalue weighted by atomic mass is 9.44. The van der Waals surface area contributed by atoms with Gasteiger partial charge in [-0.05, 0) is 67.3 Å². The molecule has 0 saturated heterocycles. The van der Waals surface area contributed by atoms with E-state index in [1.807, 2.05) is 6.08 Å². The van der Waals surface area contributed by atoms with E-state index in [4.69, 9.17) is 0 Å². The Kier molecular flexibility index (Phi) is 3.21. The smallest absolute Gasteiger partial charge is 0.155 e. The Balaban J connectivity index is 1.70. The first-order valence-corrected chi connectivity index (χ1v) is 9.02. The number of carbonyl (C=O) groups is 1. The van der Waals surface area contributed by atoms with Gasteiger partial charge in [0.1, 0.15) is 0 Å². The molecule has 0 radical (unpaired) electrons. The highest BCUT2D eigenvalue weighted by atomic mass is 16.3. The van der Waals surface area contributed by atoms with Crippen molar-refractivity contribution in [2.24, 2.45) is 34.5 Å². The molecule has 0 heterocycles. The molecule has 2 saturated carbocycles. The van der Waals surface area contributed by atoms with E-state index in [0.29, 0.717) is 29.5 Å². The predicted octanol–water partition coefficient (Wildman–Crippen LogP) is 3.90. The zero-order chi connectivity index (χ0) is 15.5. The topological polar surface area (TPSA) is 37.3 Å². The van der Waals surface area contributed by atoms with Crippen LogP contribution in [-0.2, 0) is 4.79 Å².